The van der Waals surface area contributed by atoms with E-state index in [1.807, 2.05) is 30.3 Å². The molecule has 3 N–H and O–H groups in total. The number of hydrogen-bond acceptors (Lipinski definition) is 9. The van der Waals surface area contributed by atoms with Crippen LogP contribution in [0.15, 0.2) is 46.6 Å². The summed E-state index contributed by atoms with van der Waals surface area (Å²) in [6.45, 7) is 3.95. The van der Waals surface area contributed by atoms with Gasteiger partial charge in [0.15, 0.2) is 17.4 Å². The van der Waals surface area contributed by atoms with Crippen molar-refractivity contribution in [3.8, 4) is 5.75 Å². The zero-order valence-electron chi connectivity index (χ0n) is 16.2. The van der Waals surface area contributed by atoms with Gasteiger partial charge >= 0.3 is 6.09 Å². The van der Waals surface area contributed by atoms with Crippen LogP contribution in [0.3, 0.4) is 0 Å². The molecule has 0 atom stereocenters. The van der Waals surface area contributed by atoms with Gasteiger partial charge in [0.25, 0.3) is 0 Å². The van der Waals surface area contributed by atoms with Crippen molar-refractivity contribution in [2.45, 2.75) is 0 Å². The number of morpholine rings is 1. The van der Waals surface area contributed by atoms with E-state index < -0.39 is 6.09 Å². The maximum Gasteiger partial charge on any atom is 0.412 e. The van der Waals surface area contributed by atoms with Crippen LogP contribution in [0.4, 0.5) is 27.8 Å². The number of nitrogens with zero attached hydrogens (tertiary/aromatic N) is 4. The first-order valence-corrected chi connectivity index (χ1v) is 9.21. The minimum Gasteiger partial charge on any atom is -0.493 e. The third-order valence-electron chi connectivity index (χ3n) is 4.21. The fourth-order valence-corrected chi connectivity index (χ4v) is 2.66. The maximum atomic E-state index is 12.1. The molecule has 1 aromatic carbocycles. The number of methoxy groups -OCH3 is 1. The van der Waals surface area contributed by atoms with Crippen molar-refractivity contribution in [2.75, 3.05) is 57.6 Å². The number of nitrogens with two attached hydrogens (primary N) is 1. The number of anilines is 2. The lowest BCUT2D eigenvalue weighted by Crippen LogP contribution is -2.38. The maximum absolute atomic E-state index is 12.1. The summed E-state index contributed by atoms with van der Waals surface area (Å²) in [6, 6.07) is 10.8. The van der Waals surface area contributed by atoms with Crippen molar-refractivity contribution >= 4 is 29.1 Å². The zero-order chi connectivity index (χ0) is 20.5. The molecule has 154 valence electrons. The Balaban J connectivity index is 1.59. The Kier molecular flexibility index (Phi) is 7.31. The molecule has 1 aromatic heterocycles. The van der Waals surface area contributed by atoms with Crippen LogP contribution in [-0.2, 0) is 9.47 Å². The van der Waals surface area contributed by atoms with Gasteiger partial charge in [-0.05, 0) is 12.1 Å². The van der Waals surface area contributed by atoms with Gasteiger partial charge in [0.1, 0.15) is 12.3 Å². The highest BCUT2D eigenvalue weighted by Crippen LogP contribution is 2.32. The minimum atomic E-state index is -0.637. The predicted octanol–water partition coefficient (Wildman–Crippen LogP) is 2.97. The first-order valence-electron chi connectivity index (χ1n) is 9.21. The average Bonchev–Trinajstić information content (AvgIpc) is 2.74. The van der Waals surface area contributed by atoms with E-state index in [0.717, 1.165) is 13.1 Å². The molecule has 0 spiro atoms. The Labute approximate surface area is 168 Å². The molecule has 1 saturated heterocycles. The van der Waals surface area contributed by atoms with Gasteiger partial charge < -0.3 is 19.9 Å². The molecule has 0 aliphatic carbocycles. The van der Waals surface area contributed by atoms with E-state index in [0.29, 0.717) is 36.9 Å². The smallest absolute Gasteiger partial charge is 0.412 e. The Hall–Kier alpha value is -3.24. The van der Waals surface area contributed by atoms with E-state index in [2.05, 4.69) is 25.4 Å². The van der Waals surface area contributed by atoms with E-state index in [9.17, 15) is 4.79 Å². The Morgan fingerprint density at radius 3 is 2.76 bits per heavy atom. The van der Waals surface area contributed by atoms with Gasteiger partial charge in [0, 0.05) is 25.7 Å². The lowest BCUT2D eigenvalue weighted by atomic mass is 10.3. The van der Waals surface area contributed by atoms with Crippen molar-refractivity contribution < 1.29 is 19.0 Å². The number of aromatic nitrogens is 1. The molecule has 1 aliphatic rings. The Bertz CT molecular complexity index is 840. The summed E-state index contributed by atoms with van der Waals surface area (Å²) in [5.74, 6) is 0.556. The van der Waals surface area contributed by atoms with E-state index in [4.69, 9.17) is 19.9 Å². The second kappa shape index (κ2) is 10.3. The number of hydrogen-bond donors (Lipinski definition) is 2. The second-order valence-corrected chi connectivity index (χ2v) is 6.19. The molecule has 0 saturated carbocycles. The standard InChI is InChI=1S/C19H24N6O4/c1-27-16-13-15(24-23-14-5-3-2-4-6-14)17(20)21-18(16)22-19(26)29-12-9-25-7-10-28-11-8-25/h2-6,13H,7-12H2,1H3,(H3,20,21,22,26)/b24-23+. The Morgan fingerprint density at radius 1 is 1.28 bits per heavy atom. The highest BCUT2D eigenvalue weighted by molar-refractivity contribution is 5.86. The molecule has 2 heterocycles. The number of azo groups is 1. The monoisotopic (exact) mass is 400 g/mol. The van der Waals surface area contributed by atoms with Crippen LogP contribution in [-0.4, -0.2) is 62.5 Å². The van der Waals surface area contributed by atoms with Crippen molar-refractivity contribution in [3.05, 3.63) is 36.4 Å². The third-order valence-corrected chi connectivity index (χ3v) is 4.21. The SMILES string of the molecule is COc1cc(/N=N/c2ccccc2)c(N)nc1NC(=O)OCCN1CCOCC1. The van der Waals surface area contributed by atoms with Gasteiger partial charge in [0.05, 0.1) is 26.0 Å². The van der Waals surface area contributed by atoms with Crippen LogP contribution >= 0.6 is 0 Å². The molecule has 1 aliphatic heterocycles. The first kappa shape index (κ1) is 20.5. The largest absolute Gasteiger partial charge is 0.493 e. The lowest BCUT2D eigenvalue weighted by molar-refractivity contribution is 0.0290. The quantitative estimate of drug-likeness (QED) is 0.685. The molecular weight excluding hydrogens is 376 g/mol. The topological polar surface area (TPSA) is 124 Å². The van der Waals surface area contributed by atoms with Gasteiger partial charge in [-0.1, -0.05) is 18.2 Å². The first-order chi connectivity index (χ1) is 14.2. The van der Waals surface area contributed by atoms with Crippen molar-refractivity contribution in [2.24, 2.45) is 10.2 Å². The normalized spacial score (nSPS) is 14.7. The summed E-state index contributed by atoms with van der Waals surface area (Å²) in [5.41, 5.74) is 6.96. The van der Waals surface area contributed by atoms with Crippen LogP contribution in [0, 0.1) is 0 Å². The van der Waals surface area contributed by atoms with E-state index in [1.165, 1.54) is 7.11 Å². The number of pyridine rings is 1. The number of carbonyl (C=O) groups is 1. The summed E-state index contributed by atoms with van der Waals surface area (Å²) in [6.07, 6.45) is -0.637. The summed E-state index contributed by atoms with van der Waals surface area (Å²) in [7, 11) is 1.46. The van der Waals surface area contributed by atoms with Crippen LogP contribution in [0.5, 0.6) is 5.75 Å². The molecular formula is C19H24N6O4. The molecule has 0 unspecified atom stereocenters. The van der Waals surface area contributed by atoms with Crippen LogP contribution in [0.1, 0.15) is 0 Å². The molecule has 0 radical (unpaired) electrons. The summed E-state index contributed by atoms with van der Waals surface area (Å²) in [5, 5.41) is 10.8. The van der Waals surface area contributed by atoms with E-state index in [1.54, 1.807) is 6.07 Å². The third kappa shape index (κ3) is 6.13. The molecule has 2 aromatic rings. The number of amides is 1. The summed E-state index contributed by atoms with van der Waals surface area (Å²) < 4.78 is 15.8. The highest BCUT2D eigenvalue weighted by atomic mass is 16.5. The number of ether oxygens (including phenoxy) is 3. The van der Waals surface area contributed by atoms with Crippen LogP contribution in [0.2, 0.25) is 0 Å². The molecule has 3 rings (SSSR count). The van der Waals surface area contributed by atoms with Gasteiger partial charge in [-0.2, -0.15) is 5.11 Å². The van der Waals surface area contributed by atoms with Crippen molar-refractivity contribution in [1.82, 2.24) is 9.88 Å². The summed E-state index contributed by atoms with van der Waals surface area (Å²) in [4.78, 5) is 18.4. The van der Waals surface area contributed by atoms with E-state index >= 15 is 0 Å². The van der Waals surface area contributed by atoms with Crippen LogP contribution < -0.4 is 15.8 Å². The molecule has 10 nitrogen and oxygen atoms in total. The predicted molar refractivity (Wildman–Crippen MR) is 108 cm³/mol. The van der Waals surface area contributed by atoms with Gasteiger partial charge in [0.2, 0.25) is 0 Å². The number of nitrogens with one attached hydrogen (secondary N) is 1. The average molecular weight is 400 g/mol. The molecule has 1 fully saturated rings. The number of benzene rings is 1. The fraction of sp³-hybridized carbons (Fsp3) is 0.368. The van der Waals surface area contributed by atoms with Crippen molar-refractivity contribution in [3.63, 3.8) is 0 Å². The van der Waals surface area contributed by atoms with Gasteiger partial charge in [-0.3, -0.25) is 10.2 Å². The minimum absolute atomic E-state index is 0.106. The Morgan fingerprint density at radius 2 is 2.03 bits per heavy atom. The highest BCUT2D eigenvalue weighted by Gasteiger charge is 2.15. The van der Waals surface area contributed by atoms with Crippen molar-refractivity contribution in [1.29, 1.82) is 0 Å². The number of nitrogen functional groups attached to an aromatic ring is 1. The molecule has 1 amide bonds. The second-order valence-electron chi connectivity index (χ2n) is 6.19. The molecule has 29 heavy (non-hydrogen) atoms. The number of carbonyl (C=O) groups excluding carboxylic acids is 1. The summed E-state index contributed by atoms with van der Waals surface area (Å²) >= 11 is 0. The molecule has 10 heteroatoms. The zero-order valence-corrected chi connectivity index (χ0v) is 16.2. The number of rotatable bonds is 7. The van der Waals surface area contributed by atoms with E-state index in [-0.39, 0.29) is 18.2 Å². The lowest BCUT2D eigenvalue weighted by Gasteiger charge is -2.26. The van der Waals surface area contributed by atoms with Gasteiger partial charge in [-0.25, -0.2) is 9.78 Å². The fourth-order valence-electron chi connectivity index (χ4n) is 2.66. The molecule has 0 bridgehead atoms. The van der Waals surface area contributed by atoms with Gasteiger partial charge in [-0.15, -0.1) is 5.11 Å². The van der Waals surface area contributed by atoms with Crippen LogP contribution in [0.25, 0.3) is 0 Å².